The SMILES string of the molecule is CCOC(=O)C(C)(CC)c1ccc(CC(C)C)cc1. The highest BCUT2D eigenvalue weighted by Crippen LogP contribution is 2.29. The molecule has 0 N–H and O–H groups in total. The molecule has 1 atom stereocenters. The molecule has 106 valence electrons. The Balaban J connectivity index is 2.96. The second-order valence-corrected chi connectivity index (χ2v) is 5.70. The van der Waals surface area contributed by atoms with Crippen molar-refractivity contribution in [3.63, 3.8) is 0 Å². The largest absolute Gasteiger partial charge is 0.465 e. The molecule has 1 aromatic rings. The van der Waals surface area contributed by atoms with Crippen LogP contribution < -0.4 is 0 Å². The molecule has 1 aromatic carbocycles. The summed E-state index contributed by atoms with van der Waals surface area (Å²) in [5.74, 6) is 0.516. The zero-order valence-electron chi connectivity index (χ0n) is 12.8. The van der Waals surface area contributed by atoms with Crippen molar-refractivity contribution in [1.82, 2.24) is 0 Å². The fourth-order valence-corrected chi connectivity index (χ4v) is 2.24. The van der Waals surface area contributed by atoms with Crippen molar-refractivity contribution >= 4 is 5.97 Å². The summed E-state index contributed by atoms with van der Waals surface area (Å²) >= 11 is 0. The van der Waals surface area contributed by atoms with Crippen LogP contribution in [0.15, 0.2) is 24.3 Å². The zero-order valence-corrected chi connectivity index (χ0v) is 12.8. The Morgan fingerprint density at radius 1 is 1.21 bits per heavy atom. The van der Waals surface area contributed by atoms with Gasteiger partial charge in [-0.25, -0.2) is 0 Å². The van der Waals surface area contributed by atoms with Crippen molar-refractivity contribution in [2.24, 2.45) is 5.92 Å². The molecule has 0 fully saturated rings. The molecule has 2 heteroatoms. The molecular weight excluding hydrogens is 236 g/mol. The summed E-state index contributed by atoms with van der Waals surface area (Å²) < 4.78 is 5.21. The highest BCUT2D eigenvalue weighted by Gasteiger charge is 2.34. The van der Waals surface area contributed by atoms with Crippen LogP contribution in [0.5, 0.6) is 0 Å². The van der Waals surface area contributed by atoms with Crippen molar-refractivity contribution in [3.05, 3.63) is 35.4 Å². The summed E-state index contributed by atoms with van der Waals surface area (Å²) in [5, 5.41) is 0. The van der Waals surface area contributed by atoms with Crippen LogP contribution in [0.3, 0.4) is 0 Å². The summed E-state index contributed by atoms with van der Waals surface area (Å²) in [6, 6.07) is 8.39. The molecular formula is C17H26O2. The van der Waals surface area contributed by atoms with E-state index >= 15 is 0 Å². The number of ether oxygens (including phenoxy) is 1. The molecule has 0 aromatic heterocycles. The van der Waals surface area contributed by atoms with Gasteiger partial charge < -0.3 is 4.74 Å². The molecule has 0 saturated heterocycles. The van der Waals surface area contributed by atoms with Gasteiger partial charge in [-0.2, -0.15) is 0 Å². The quantitative estimate of drug-likeness (QED) is 0.721. The predicted molar refractivity (Wildman–Crippen MR) is 79.3 cm³/mol. The van der Waals surface area contributed by atoms with Crippen LogP contribution in [0.2, 0.25) is 0 Å². The summed E-state index contributed by atoms with van der Waals surface area (Å²) in [6.07, 6.45) is 1.82. The summed E-state index contributed by atoms with van der Waals surface area (Å²) in [6.45, 7) is 10.7. The van der Waals surface area contributed by atoms with E-state index in [0.717, 1.165) is 18.4 Å². The third-order valence-electron chi connectivity index (χ3n) is 3.67. The van der Waals surface area contributed by atoms with Crippen molar-refractivity contribution in [2.75, 3.05) is 6.61 Å². The van der Waals surface area contributed by atoms with Crippen molar-refractivity contribution in [1.29, 1.82) is 0 Å². The molecule has 0 aliphatic carbocycles. The average molecular weight is 262 g/mol. The average Bonchev–Trinajstić information content (AvgIpc) is 2.38. The van der Waals surface area contributed by atoms with Crippen LogP contribution in [-0.4, -0.2) is 12.6 Å². The normalized spacial score (nSPS) is 14.2. The number of rotatable bonds is 6. The number of hydrogen-bond donors (Lipinski definition) is 0. The van der Waals surface area contributed by atoms with E-state index in [1.165, 1.54) is 5.56 Å². The standard InChI is InChI=1S/C17H26O2/c1-6-17(5,16(18)19-7-2)15-10-8-14(9-11-15)12-13(3)4/h8-11,13H,6-7,12H2,1-5H3. The van der Waals surface area contributed by atoms with E-state index in [9.17, 15) is 4.79 Å². The molecule has 0 bridgehead atoms. The summed E-state index contributed by atoms with van der Waals surface area (Å²) in [7, 11) is 0. The van der Waals surface area contributed by atoms with Crippen molar-refractivity contribution in [2.45, 2.75) is 52.9 Å². The Morgan fingerprint density at radius 2 is 1.79 bits per heavy atom. The number of carbonyl (C=O) groups excluding carboxylic acids is 1. The van der Waals surface area contributed by atoms with Gasteiger partial charge in [0.15, 0.2) is 0 Å². The van der Waals surface area contributed by atoms with Crippen LogP contribution in [0, 0.1) is 5.92 Å². The summed E-state index contributed by atoms with van der Waals surface area (Å²) in [4.78, 5) is 12.1. The first-order chi connectivity index (χ1) is 8.93. The number of esters is 1. The lowest BCUT2D eigenvalue weighted by Gasteiger charge is -2.26. The summed E-state index contributed by atoms with van der Waals surface area (Å²) in [5.41, 5.74) is 1.83. The number of carbonyl (C=O) groups is 1. The maximum absolute atomic E-state index is 12.1. The van der Waals surface area contributed by atoms with Gasteiger partial charge in [-0.1, -0.05) is 45.0 Å². The Bertz CT molecular complexity index is 406. The monoisotopic (exact) mass is 262 g/mol. The number of benzene rings is 1. The lowest BCUT2D eigenvalue weighted by molar-refractivity contribution is -0.149. The first-order valence-corrected chi connectivity index (χ1v) is 7.20. The second-order valence-electron chi connectivity index (χ2n) is 5.70. The molecule has 0 amide bonds. The smallest absolute Gasteiger partial charge is 0.316 e. The van der Waals surface area contributed by atoms with E-state index in [1.54, 1.807) is 0 Å². The molecule has 1 rings (SSSR count). The molecule has 0 saturated carbocycles. The Labute approximate surface area is 117 Å². The van der Waals surface area contributed by atoms with Gasteiger partial charge in [0.1, 0.15) is 0 Å². The Kier molecular flexibility index (Phi) is 5.59. The van der Waals surface area contributed by atoms with E-state index < -0.39 is 5.41 Å². The van der Waals surface area contributed by atoms with Crippen LogP contribution in [-0.2, 0) is 21.4 Å². The maximum Gasteiger partial charge on any atom is 0.316 e. The van der Waals surface area contributed by atoms with Gasteiger partial charge >= 0.3 is 5.97 Å². The van der Waals surface area contributed by atoms with Gasteiger partial charge in [0.05, 0.1) is 12.0 Å². The number of hydrogen-bond acceptors (Lipinski definition) is 2. The van der Waals surface area contributed by atoms with Gasteiger partial charge in [0.2, 0.25) is 0 Å². The minimum absolute atomic E-state index is 0.130. The predicted octanol–water partition coefficient (Wildman–Crippen LogP) is 4.12. The lowest BCUT2D eigenvalue weighted by atomic mass is 9.79. The van der Waals surface area contributed by atoms with E-state index in [-0.39, 0.29) is 5.97 Å². The molecule has 0 spiro atoms. The first-order valence-electron chi connectivity index (χ1n) is 7.20. The van der Waals surface area contributed by atoms with Gasteiger partial charge in [-0.05, 0) is 43.7 Å². The van der Waals surface area contributed by atoms with Gasteiger partial charge in [-0.3, -0.25) is 4.79 Å². The third kappa shape index (κ3) is 3.82. The first kappa shape index (κ1) is 15.7. The molecule has 0 aliphatic rings. The van der Waals surface area contributed by atoms with Crippen LogP contribution in [0.4, 0.5) is 0 Å². The fraction of sp³-hybridized carbons (Fsp3) is 0.588. The molecule has 1 unspecified atom stereocenters. The third-order valence-corrected chi connectivity index (χ3v) is 3.67. The molecule has 0 radical (unpaired) electrons. The highest BCUT2D eigenvalue weighted by atomic mass is 16.5. The van der Waals surface area contributed by atoms with Crippen molar-refractivity contribution in [3.8, 4) is 0 Å². The second kappa shape index (κ2) is 6.74. The Morgan fingerprint density at radius 3 is 2.21 bits per heavy atom. The van der Waals surface area contributed by atoms with Gasteiger partial charge in [0.25, 0.3) is 0 Å². The minimum atomic E-state index is -0.535. The lowest BCUT2D eigenvalue weighted by Crippen LogP contribution is -2.33. The molecule has 0 heterocycles. The van der Waals surface area contributed by atoms with Crippen LogP contribution in [0.1, 0.15) is 52.2 Å². The van der Waals surface area contributed by atoms with Crippen LogP contribution >= 0.6 is 0 Å². The van der Waals surface area contributed by atoms with E-state index in [1.807, 2.05) is 20.8 Å². The van der Waals surface area contributed by atoms with E-state index in [0.29, 0.717) is 12.5 Å². The fourth-order valence-electron chi connectivity index (χ4n) is 2.24. The molecule has 2 nitrogen and oxygen atoms in total. The Hall–Kier alpha value is -1.31. The molecule has 19 heavy (non-hydrogen) atoms. The van der Waals surface area contributed by atoms with E-state index in [2.05, 4.69) is 38.1 Å². The maximum atomic E-state index is 12.1. The van der Waals surface area contributed by atoms with Gasteiger partial charge in [0, 0.05) is 0 Å². The van der Waals surface area contributed by atoms with Gasteiger partial charge in [-0.15, -0.1) is 0 Å². The van der Waals surface area contributed by atoms with Crippen LogP contribution in [0.25, 0.3) is 0 Å². The minimum Gasteiger partial charge on any atom is -0.465 e. The topological polar surface area (TPSA) is 26.3 Å². The molecule has 0 aliphatic heterocycles. The highest BCUT2D eigenvalue weighted by molar-refractivity contribution is 5.82. The van der Waals surface area contributed by atoms with Crippen molar-refractivity contribution < 1.29 is 9.53 Å². The van der Waals surface area contributed by atoms with E-state index in [4.69, 9.17) is 4.74 Å². The zero-order chi connectivity index (χ0) is 14.5.